The number of nitrogens with zero attached hydrogens (tertiary/aromatic N) is 1. The van der Waals surface area contributed by atoms with E-state index in [2.05, 4.69) is 10.6 Å². The van der Waals surface area contributed by atoms with Crippen LogP contribution in [0.3, 0.4) is 0 Å². The van der Waals surface area contributed by atoms with Gasteiger partial charge in [0.15, 0.2) is 0 Å². The molecule has 0 heterocycles. The Morgan fingerprint density at radius 2 is 1.90 bits per heavy atom. The van der Waals surface area contributed by atoms with Crippen molar-refractivity contribution < 1.29 is 9.90 Å². The van der Waals surface area contributed by atoms with E-state index in [-0.39, 0.29) is 18.6 Å². The van der Waals surface area contributed by atoms with Crippen molar-refractivity contribution >= 4 is 11.7 Å². The van der Waals surface area contributed by atoms with Gasteiger partial charge in [0, 0.05) is 39.5 Å². The maximum absolute atomic E-state index is 11.6. The van der Waals surface area contributed by atoms with Crippen molar-refractivity contribution in [2.24, 2.45) is 5.92 Å². The van der Waals surface area contributed by atoms with Crippen LogP contribution in [0, 0.1) is 5.92 Å². The summed E-state index contributed by atoms with van der Waals surface area (Å²) in [5.74, 6) is 0.283. The molecule has 0 aliphatic carbocycles. The predicted octanol–water partition coefficient (Wildman–Crippen LogP) is 1.57. The minimum atomic E-state index is -0.175. The summed E-state index contributed by atoms with van der Waals surface area (Å²) in [4.78, 5) is 13.6. The summed E-state index contributed by atoms with van der Waals surface area (Å²) in [5.41, 5.74) is 2.20. The quantitative estimate of drug-likeness (QED) is 0.710. The minimum absolute atomic E-state index is 0.155. The molecule has 1 aromatic carbocycles. The number of urea groups is 1. The highest BCUT2D eigenvalue weighted by molar-refractivity contribution is 5.73. The Labute approximate surface area is 121 Å². The molecule has 0 fully saturated rings. The molecule has 0 aliphatic heterocycles. The second-order valence-electron chi connectivity index (χ2n) is 5.24. The molecule has 0 saturated heterocycles. The van der Waals surface area contributed by atoms with E-state index in [1.165, 1.54) is 0 Å². The fourth-order valence-corrected chi connectivity index (χ4v) is 1.75. The largest absolute Gasteiger partial charge is 0.396 e. The Morgan fingerprint density at radius 3 is 2.45 bits per heavy atom. The number of aliphatic hydroxyl groups excluding tert-OH is 1. The zero-order chi connectivity index (χ0) is 15.0. The Balaban J connectivity index is 2.30. The second kappa shape index (κ2) is 8.43. The molecule has 1 aromatic rings. The van der Waals surface area contributed by atoms with Crippen LogP contribution in [-0.4, -0.2) is 38.4 Å². The highest BCUT2D eigenvalue weighted by atomic mass is 16.3. The molecular formula is C15H25N3O2. The van der Waals surface area contributed by atoms with E-state index in [1.807, 2.05) is 50.2 Å². The summed E-state index contributed by atoms with van der Waals surface area (Å²) in [6, 6.07) is 7.89. The third kappa shape index (κ3) is 5.93. The first kappa shape index (κ1) is 16.3. The molecule has 5 heteroatoms. The van der Waals surface area contributed by atoms with Crippen molar-refractivity contribution in [1.29, 1.82) is 0 Å². The number of carbonyl (C=O) groups excluding carboxylic acids is 1. The van der Waals surface area contributed by atoms with Crippen molar-refractivity contribution in [2.45, 2.75) is 19.9 Å². The lowest BCUT2D eigenvalue weighted by atomic mass is 10.1. The number of hydrogen-bond acceptors (Lipinski definition) is 3. The number of rotatable bonds is 7. The predicted molar refractivity (Wildman–Crippen MR) is 81.9 cm³/mol. The van der Waals surface area contributed by atoms with E-state index in [9.17, 15) is 4.79 Å². The van der Waals surface area contributed by atoms with Crippen LogP contribution in [0.25, 0.3) is 0 Å². The first-order valence-corrected chi connectivity index (χ1v) is 6.91. The molecule has 0 aliphatic rings. The van der Waals surface area contributed by atoms with Gasteiger partial charge in [0.25, 0.3) is 0 Å². The van der Waals surface area contributed by atoms with Crippen LogP contribution in [0.5, 0.6) is 0 Å². The number of nitrogens with one attached hydrogen (secondary N) is 2. The van der Waals surface area contributed by atoms with Crippen LogP contribution in [0.15, 0.2) is 24.3 Å². The van der Waals surface area contributed by atoms with Crippen molar-refractivity contribution in [3.05, 3.63) is 29.8 Å². The van der Waals surface area contributed by atoms with Gasteiger partial charge in [-0.15, -0.1) is 0 Å². The number of aliphatic hydroxyl groups is 1. The molecular weight excluding hydrogens is 254 g/mol. The fourth-order valence-electron chi connectivity index (χ4n) is 1.75. The molecule has 20 heavy (non-hydrogen) atoms. The van der Waals surface area contributed by atoms with Crippen LogP contribution >= 0.6 is 0 Å². The summed E-state index contributed by atoms with van der Waals surface area (Å²) in [5, 5.41) is 14.4. The van der Waals surface area contributed by atoms with Crippen LogP contribution in [0.2, 0.25) is 0 Å². The topological polar surface area (TPSA) is 64.6 Å². The van der Waals surface area contributed by atoms with E-state index in [1.54, 1.807) is 0 Å². The van der Waals surface area contributed by atoms with Crippen molar-refractivity contribution in [1.82, 2.24) is 10.6 Å². The summed E-state index contributed by atoms with van der Waals surface area (Å²) in [6.45, 7) is 3.24. The number of carbonyl (C=O) groups is 1. The third-order valence-electron chi connectivity index (χ3n) is 3.14. The molecule has 2 amide bonds. The van der Waals surface area contributed by atoms with Gasteiger partial charge in [-0.2, -0.15) is 0 Å². The van der Waals surface area contributed by atoms with Gasteiger partial charge in [-0.1, -0.05) is 19.1 Å². The van der Waals surface area contributed by atoms with Crippen molar-refractivity contribution in [2.75, 3.05) is 32.1 Å². The molecule has 5 nitrogen and oxygen atoms in total. The normalized spacial score (nSPS) is 11.8. The second-order valence-corrected chi connectivity index (χ2v) is 5.24. The van der Waals surface area contributed by atoms with Gasteiger partial charge >= 0.3 is 6.03 Å². The lowest BCUT2D eigenvalue weighted by Crippen LogP contribution is -2.37. The average molecular weight is 279 g/mol. The Morgan fingerprint density at radius 1 is 1.25 bits per heavy atom. The van der Waals surface area contributed by atoms with Gasteiger partial charge in [0.2, 0.25) is 0 Å². The number of anilines is 1. The molecule has 0 bridgehead atoms. The number of benzene rings is 1. The molecule has 0 saturated carbocycles. The van der Waals surface area contributed by atoms with E-state index in [4.69, 9.17) is 5.11 Å². The highest BCUT2D eigenvalue weighted by Gasteiger charge is 2.04. The van der Waals surface area contributed by atoms with Crippen LogP contribution < -0.4 is 15.5 Å². The summed E-state index contributed by atoms with van der Waals surface area (Å²) < 4.78 is 0. The van der Waals surface area contributed by atoms with Crippen LogP contribution in [-0.2, 0) is 6.54 Å². The number of hydrogen-bond donors (Lipinski definition) is 3. The molecule has 1 rings (SSSR count). The summed E-state index contributed by atoms with van der Waals surface area (Å²) >= 11 is 0. The van der Waals surface area contributed by atoms with Crippen molar-refractivity contribution in [3.8, 4) is 0 Å². The maximum Gasteiger partial charge on any atom is 0.315 e. The Bertz CT molecular complexity index is 404. The SMILES string of the molecule is CC(CCO)CNC(=O)NCc1ccc(N(C)C)cc1. The van der Waals surface area contributed by atoms with Crippen molar-refractivity contribution in [3.63, 3.8) is 0 Å². The molecule has 112 valence electrons. The van der Waals surface area contributed by atoms with Gasteiger partial charge in [-0.25, -0.2) is 4.79 Å². The van der Waals surface area contributed by atoms with Gasteiger partial charge in [-0.05, 0) is 30.0 Å². The zero-order valence-corrected chi connectivity index (χ0v) is 12.5. The smallest absolute Gasteiger partial charge is 0.315 e. The third-order valence-corrected chi connectivity index (χ3v) is 3.14. The standard InChI is InChI=1S/C15H25N3O2/c1-12(8-9-19)10-16-15(20)17-11-13-4-6-14(7-5-13)18(2)3/h4-7,12,19H,8-11H2,1-3H3,(H2,16,17,20). The van der Waals surface area contributed by atoms with Crippen LogP contribution in [0.1, 0.15) is 18.9 Å². The molecule has 0 spiro atoms. The molecule has 0 radical (unpaired) electrons. The molecule has 1 unspecified atom stereocenters. The first-order chi connectivity index (χ1) is 9.52. The van der Waals surface area contributed by atoms with Crippen LogP contribution in [0.4, 0.5) is 10.5 Å². The number of amides is 2. The van der Waals surface area contributed by atoms with Gasteiger partial charge in [0.05, 0.1) is 0 Å². The highest BCUT2D eigenvalue weighted by Crippen LogP contribution is 2.11. The summed E-state index contributed by atoms with van der Waals surface area (Å²) in [6.07, 6.45) is 0.701. The Hall–Kier alpha value is -1.75. The van der Waals surface area contributed by atoms with E-state index in [0.29, 0.717) is 19.5 Å². The first-order valence-electron chi connectivity index (χ1n) is 6.91. The Kier molecular flexibility index (Phi) is 6.87. The lowest BCUT2D eigenvalue weighted by molar-refractivity contribution is 0.233. The zero-order valence-electron chi connectivity index (χ0n) is 12.5. The maximum atomic E-state index is 11.6. The van der Waals surface area contributed by atoms with Gasteiger partial charge in [-0.3, -0.25) is 0 Å². The van der Waals surface area contributed by atoms with E-state index < -0.39 is 0 Å². The fraction of sp³-hybridized carbons (Fsp3) is 0.533. The average Bonchev–Trinajstić information content (AvgIpc) is 2.43. The lowest BCUT2D eigenvalue weighted by Gasteiger charge is -2.14. The van der Waals surface area contributed by atoms with E-state index >= 15 is 0 Å². The summed E-state index contributed by atoms with van der Waals surface area (Å²) in [7, 11) is 3.99. The molecule has 1 atom stereocenters. The monoisotopic (exact) mass is 279 g/mol. The van der Waals surface area contributed by atoms with Gasteiger partial charge in [0.1, 0.15) is 0 Å². The molecule has 3 N–H and O–H groups in total. The van der Waals surface area contributed by atoms with Gasteiger partial charge < -0.3 is 20.6 Å². The minimum Gasteiger partial charge on any atom is -0.396 e. The molecule has 0 aromatic heterocycles. The van der Waals surface area contributed by atoms with E-state index in [0.717, 1.165) is 11.3 Å².